The van der Waals surface area contributed by atoms with E-state index in [1.54, 1.807) is 4.90 Å². The lowest BCUT2D eigenvalue weighted by Gasteiger charge is -2.35. The number of nitrogens with zero attached hydrogens (tertiary/aromatic N) is 4. The van der Waals surface area contributed by atoms with E-state index in [9.17, 15) is 19.7 Å². The highest BCUT2D eigenvalue weighted by molar-refractivity contribution is 7.17. The summed E-state index contributed by atoms with van der Waals surface area (Å²) in [5.74, 6) is 0.0159. The molecule has 2 aliphatic heterocycles. The van der Waals surface area contributed by atoms with Gasteiger partial charge in [0, 0.05) is 45.3 Å². The largest absolute Gasteiger partial charge is 0.342 e. The molecule has 1 aromatic rings. The van der Waals surface area contributed by atoms with Crippen LogP contribution in [0.2, 0.25) is 0 Å². The van der Waals surface area contributed by atoms with Crippen LogP contribution in [0.1, 0.15) is 35.4 Å². The van der Waals surface area contributed by atoms with Crippen molar-refractivity contribution in [3.8, 4) is 0 Å². The van der Waals surface area contributed by atoms with Crippen molar-refractivity contribution >= 4 is 28.2 Å². The molecule has 0 saturated carbocycles. The standard InChI is InChI=1S/C17H24N4O4S/c22-15(19-7-3-1-2-4-8-19)13-18-9-11-20(12-10-18)17(23)14-5-6-16(26-14)21(24)25/h5-6H,1-4,7-13H2. The van der Waals surface area contributed by atoms with E-state index in [2.05, 4.69) is 4.90 Å². The lowest BCUT2D eigenvalue weighted by molar-refractivity contribution is -0.380. The number of thiophene rings is 1. The molecule has 1 aromatic heterocycles. The van der Waals surface area contributed by atoms with Gasteiger partial charge in [-0.1, -0.05) is 24.2 Å². The van der Waals surface area contributed by atoms with Gasteiger partial charge >= 0.3 is 5.00 Å². The maximum absolute atomic E-state index is 12.5. The fourth-order valence-corrected chi connectivity index (χ4v) is 4.21. The van der Waals surface area contributed by atoms with Crippen molar-refractivity contribution in [3.05, 3.63) is 27.1 Å². The van der Waals surface area contributed by atoms with Gasteiger partial charge in [0.05, 0.1) is 16.3 Å². The second-order valence-corrected chi connectivity index (χ2v) is 7.82. The second-order valence-electron chi connectivity index (χ2n) is 6.76. The lowest BCUT2D eigenvalue weighted by atomic mass is 10.2. The van der Waals surface area contributed by atoms with Gasteiger partial charge in [-0.15, -0.1) is 0 Å². The molecule has 2 saturated heterocycles. The Balaban J connectivity index is 1.48. The quantitative estimate of drug-likeness (QED) is 0.587. The fourth-order valence-electron chi connectivity index (χ4n) is 3.42. The fraction of sp³-hybridized carbons (Fsp3) is 0.647. The molecule has 2 aliphatic rings. The molecule has 2 fully saturated rings. The molecule has 8 nitrogen and oxygen atoms in total. The second kappa shape index (κ2) is 8.59. The third kappa shape index (κ3) is 4.59. The van der Waals surface area contributed by atoms with Crippen LogP contribution in [0.25, 0.3) is 0 Å². The summed E-state index contributed by atoms with van der Waals surface area (Å²) in [5, 5.41) is 10.7. The number of hydrogen-bond donors (Lipinski definition) is 0. The summed E-state index contributed by atoms with van der Waals surface area (Å²) in [5.41, 5.74) is 0. The summed E-state index contributed by atoms with van der Waals surface area (Å²) >= 11 is 0.910. The summed E-state index contributed by atoms with van der Waals surface area (Å²) in [6, 6.07) is 2.88. The number of hydrogen-bond acceptors (Lipinski definition) is 6. The molecule has 0 aromatic carbocycles. The third-order valence-corrected chi connectivity index (χ3v) is 5.98. The van der Waals surface area contributed by atoms with Crippen LogP contribution in [0.15, 0.2) is 12.1 Å². The first kappa shape index (κ1) is 18.8. The Morgan fingerprint density at radius 3 is 2.19 bits per heavy atom. The van der Waals surface area contributed by atoms with Crippen LogP contribution in [0.4, 0.5) is 5.00 Å². The topological polar surface area (TPSA) is 87.0 Å². The van der Waals surface area contributed by atoms with Crippen LogP contribution < -0.4 is 0 Å². The average Bonchev–Trinajstić information content (AvgIpc) is 2.98. The Labute approximate surface area is 156 Å². The maximum Gasteiger partial charge on any atom is 0.324 e. The molecule has 0 unspecified atom stereocenters. The van der Waals surface area contributed by atoms with Crippen molar-refractivity contribution in [2.75, 3.05) is 45.8 Å². The molecule has 0 aliphatic carbocycles. The number of carbonyl (C=O) groups excluding carboxylic acids is 2. The maximum atomic E-state index is 12.5. The van der Waals surface area contributed by atoms with E-state index >= 15 is 0 Å². The molecule has 3 rings (SSSR count). The Morgan fingerprint density at radius 1 is 0.962 bits per heavy atom. The number of piperazine rings is 1. The first-order valence-corrected chi connectivity index (χ1v) is 9.90. The van der Waals surface area contributed by atoms with Gasteiger partial charge in [0.1, 0.15) is 0 Å². The number of likely N-dealkylation sites (tertiary alicyclic amines) is 1. The molecule has 3 heterocycles. The monoisotopic (exact) mass is 380 g/mol. The smallest absolute Gasteiger partial charge is 0.324 e. The minimum atomic E-state index is -0.478. The van der Waals surface area contributed by atoms with Crippen LogP contribution in [0.5, 0.6) is 0 Å². The molecule has 0 atom stereocenters. The van der Waals surface area contributed by atoms with Crippen LogP contribution >= 0.6 is 11.3 Å². The number of nitro groups is 1. The van der Waals surface area contributed by atoms with Crippen molar-refractivity contribution < 1.29 is 14.5 Å². The van der Waals surface area contributed by atoms with Crippen LogP contribution in [0, 0.1) is 10.1 Å². The first-order valence-electron chi connectivity index (χ1n) is 9.08. The highest BCUT2D eigenvalue weighted by atomic mass is 32.1. The van der Waals surface area contributed by atoms with Crippen molar-refractivity contribution in [2.45, 2.75) is 25.7 Å². The lowest BCUT2D eigenvalue weighted by Crippen LogP contribution is -2.51. The van der Waals surface area contributed by atoms with E-state index < -0.39 is 4.92 Å². The van der Waals surface area contributed by atoms with Gasteiger partial charge in [-0.3, -0.25) is 24.6 Å². The predicted molar refractivity (Wildman–Crippen MR) is 98.4 cm³/mol. The zero-order valence-corrected chi connectivity index (χ0v) is 15.6. The number of carbonyl (C=O) groups is 2. The molecule has 0 bridgehead atoms. The van der Waals surface area contributed by atoms with Crippen LogP contribution in [-0.2, 0) is 4.79 Å². The molecular weight excluding hydrogens is 356 g/mol. The molecule has 26 heavy (non-hydrogen) atoms. The molecular formula is C17H24N4O4S. The van der Waals surface area contributed by atoms with E-state index in [0.29, 0.717) is 37.6 Å². The Hall–Kier alpha value is -2.00. The van der Waals surface area contributed by atoms with Crippen molar-refractivity contribution in [3.63, 3.8) is 0 Å². The molecule has 0 N–H and O–H groups in total. The van der Waals surface area contributed by atoms with E-state index in [-0.39, 0.29) is 16.8 Å². The molecule has 0 spiro atoms. The van der Waals surface area contributed by atoms with E-state index in [1.807, 2.05) is 4.90 Å². The normalized spacial score (nSPS) is 19.2. The van der Waals surface area contributed by atoms with Gasteiger partial charge in [-0.2, -0.15) is 0 Å². The average molecular weight is 380 g/mol. The van der Waals surface area contributed by atoms with Gasteiger partial charge in [0.2, 0.25) is 5.91 Å². The summed E-state index contributed by atoms with van der Waals surface area (Å²) in [6.07, 6.45) is 4.57. The minimum Gasteiger partial charge on any atom is -0.342 e. The zero-order valence-electron chi connectivity index (χ0n) is 14.8. The van der Waals surface area contributed by atoms with Crippen LogP contribution in [-0.4, -0.2) is 77.3 Å². The van der Waals surface area contributed by atoms with Crippen molar-refractivity contribution in [1.82, 2.24) is 14.7 Å². The van der Waals surface area contributed by atoms with Gasteiger partial charge in [-0.05, 0) is 18.9 Å². The Bertz CT molecular complexity index is 661. The summed E-state index contributed by atoms with van der Waals surface area (Å²) in [7, 11) is 0. The highest BCUT2D eigenvalue weighted by Gasteiger charge is 2.26. The van der Waals surface area contributed by atoms with E-state index in [4.69, 9.17) is 0 Å². The number of amides is 2. The summed E-state index contributed by atoms with van der Waals surface area (Å²) < 4.78 is 0. The Morgan fingerprint density at radius 2 is 1.62 bits per heavy atom. The SMILES string of the molecule is O=C(CN1CCN(C(=O)c2ccc([N+](=O)[O-])s2)CC1)N1CCCCCC1. The first-order chi connectivity index (χ1) is 12.5. The third-order valence-electron chi connectivity index (χ3n) is 4.96. The van der Waals surface area contributed by atoms with E-state index in [1.165, 1.54) is 25.0 Å². The number of rotatable bonds is 4. The van der Waals surface area contributed by atoms with Crippen LogP contribution in [0.3, 0.4) is 0 Å². The molecule has 2 amide bonds. The minimum absolute atomic E-state index is 0.0185. The van der Waals surface area contributed by atoms with Gasteiger partial charge in [0.15, 0.2) is 0 Å². The Kier molecular flexibility index (Phi) is 6.20. The summed E-state index contributed by atoms with van der Waals surface area (Å²) in [4.78, 5) is 41.4. The molecule has 0 radical (unpaired) electrons. The molecule has 142 valence electrons. The zero-order chi connectivity index (χ0) is 18.5. The van der Waals surface area contributed by atoms with Gasteiger partial charge < -0.3 is 9.80 Å². The van der Waals surface area contributed by atoms with Crippen molar-refractivity contribution in [1.29, 1.82) is 0 Å². The summed E-state index contributed by atoms with van der Waals surface area (Å²) in [6.45, 7) is 4.50. The van der Waals surface area contributed by atoms with E-state index in [0.717, 1.165) is 37.3 Å². The van der Waals surface area contributed by atoms with Crippen molar-refractivity contribution in [2.24, 2.45) is 0 Å². The van der Waals surface area contributed by atoms with Gasteiger partial charge in [-0.25, -0.2) is 0 Å². The highest BCUT2D eigenvalue weighted by Crippen LogP contribution is 2.25. The molecule has 9 heteroatoms. The van der Waals surface area contributed by atoms with Gasteiger partial charge in [0.25, 0.3) is 5.91 Å². The predicted octanol–water partition coefficient (Wildman–Crippen LogP) is 1.82.